The second-order valence-electron chi connectivity index (χ2n) is 6.14. The van der Waals surface area contributed by atoms with Crippen LogP contribution in [0.3, 0.4) is 0 Å². The number of hydrogen-bond donors (Lipinski definition) is 4. The predicted molar refractivity (Wildman–Crippen MR) is 103 cm³/mol. The molecule has 0 bridgehead atoms. The zero-order valence-electron chi connectivity index (χ0n) is 15.0. The molecule has 10 heteroatoms. The average molecular weight is 407 g/mol. The Morgan fingerprint density at radius 1 is 1.36 bits per heavy atom. The van der Waals surface area contributed by atoms with Crippen molar-refractivity contribution >= 4 is 29.5 Å². The minimum absolute atomic E-state index is 0. The van der Waals surface area contributed by atoms with Gasteiger partial charge in [-0.1, -0.05) is 24.3 Å². The van der Waals surface area contributed by atoms with Crippen LogP contribution >= 0.6 is 11.8 Å². The molecule has 1 aromatic carbocycles. The highest BCUT2D eigenvalue weighted by Crippen LogP contribution is 2.40. The van der Waals surface area contributed by atoms with Gasteiger partial charge in [-0.05, 0) is 30.2 Å². The van der Waals surface area contributed by atoms with Gasteiger partial charge in [0.1, 0.15) is 28.9 Å². The van der Waals surface area contributed by atoms with E-state index in [1.165, 1.54) is 40.9 Å². The first-order valence-corrected chi connectivity index (χ1v) is 9.28. The summed E-state index contributed by atoms with van der Waals surface area (Å²) < 4.78 is 0. The van der Waals surface area contributed by atoms with Gasteiger partial charge in [0, 0.05) is 5.75 Å². The largest absolute Gasteiger partial charge is 0.508 e. The van der Waals surface area contributed by atoms with E-state index in [4.69, 9.17) is 5.73 Å². The van der Waals surface area contributed by atoms with Crippen LogP contribution in [-0.2, 0) is 14.4 Å². The Labute approximate surface area is 165 Å². The fraction of sp³-hybridized carbons (Fsp3) is 0.278. The third-order valence-corrected chi connectivity index (χ3v) is 5.70. The molecular weight excluding hydrogens is 386 g/mol. The predicted octanol–water partition coefficient (Wildman–Crippen LogP) is -0.118. The molecule has 2 heterocycles. The average Bonchev–Trinajstić information content (AvgIpc) is 2.65. The molecule has 0 radical (unpaired) electrons. The zero-order valence-corrected chi connectivity index (χ0v) is 15.8. The first-order chi connectivity index (χ1) is 12.8. The summed E-state index contributed by atoms with van der Waals surface area (Å²) in [5.74, 6) is -1.71. The number of phenols is 1. The number of thioether (sulfide) groups is 1. The maximum Gasteiger partial charge on any atom is 0.352 e. The highest BCUT2D eigenvalue weighted by atomic mass is 32.2. The Balaban J connectivity index is 0.00000280. The molecule has 1 aromatic rings. The number of β-lactam (4-membered cyclic amide) rings is 1. The molecule has 2 aliphatic heterocycles. The number of nitrogens with two attached hydrogens (primary N) is 1. The number of nitrogens with one attached hydrogen (secondary N) is 1. The molecule has 9 nitrogen and oxygen atoms in total. The molecule has 1 fully saturated rings. The van der Waals surface area contributed by atoms with Gasteiger partial charge in [-0.3, -0.25) is 14.5 Å². The van der Waals surface area contributed by atoms with Gasteiger partial charge < -0.3 is 26.7 Å². The van der Waals surface area contributed by atoms with Crippen molar-refractivity contribution in [3.8, 4) is 5.75 Å². The summed E-state index contributed by atoms with van der Waals surface area (Å²) in [6.07, 6.45) is 3.39. The molecule has 150 valence electrons. The topological polar surface area (TPSA) is 164 Å². The highest BCUT2D eigenvalue weighted by Gasteiger charge is 2.54. The van der Waals surface area contributed by atoms with E-state index < -0.39 is 35.2 Å². The number of carboxylic acid groups (broad SMARTS) is 1. The molecule has 28 heavy (non-hydrogen) atoms. The maximum atomic E-state index is 12.5. The maximum absolute atomic E-state index is 12.5. The van der Waals surface area contributed by atoms with Crippen molar-refractivity contribution in [2.24, 2.45) is 5.73 Å². The normalized spacial score (nSPS) is 22.2. The lowest BCUT2D eigenvalue weighted by Crippen LogP contribution is -2.71. The van der Waals surface area contributed by atoms with Crippen LogP contribution in [-0.4, -0.2) is 55.5 Å². The Morgan fingerprint density at radius 2 is 2.00 bits per heavy atom. The van der Waals surface area contributed by atoms with Gasteiger partial charge in [0.15, 0.2) is 0 Å². The number of carboxylic acids is 1. The number of fused-ring (bicyclic) bond motifs is 1. The molecule has 0 spiro atoms. The number of carbonyl (C=O) groups is 3. The zero-order chi connectivity index (χ0) is 19.7. The van der Waals surface area contributed by atoms with Crippen molar-refractivity contribution in [2.75, 3.05) is 5.75 Å². The van der Waals surface area contributed by atoms with Crippen molar-refractivity contribution in [1.82, 2.24) is 10.2 Å². The Bertz CT molecular complexity index is 851. The van der Waals surface area contributed by atoms with Gasteiger partial charge >= 0.3 is 5.97 Å². The number of amides is 2. The second kappa shape index (κ2) is 8.46. The number of rotatable bonds is 5. The molecule has 3 atom stereocenters. The van der Waals surface area contributed by atoms with E-state index >= 15 is 0 Å². The Hall–Kier alpha value is -2.82. The van der Waals surface area contributed by atoms with E-state index in [0.29, 0.717) is 16.9 Å². The lowest BCUT2D eigenvalue weighted by molar-refractivity contribution is -0.150. The molecule has 3 rings (SSSR count). The molecule has 2 amide bonds. The smallest absolute Gasteiger partial charge is 0.352 e. The van der Waals surface area contributed by atoms with Crippen LogP contribution < -0.4 is 11.1 Å². The van der Waals surface area contributed by atoms with Gasteiger partial charge in [0.2, 0.25) is 5.91 Å². The third-order valence-electron chi connectivity index (χ3n) is 4.40. The number of nitrogens with zero attached hydrogens (tertiary/aromatic N) is 1. The van der Waals surface area contributed by atoms with Crippen molar-refractivity contribution in [2.45, 2.75) is 24.4 Å². The van der Waals surface area contributed by atoms with Crippen LogP contribution in [0.2, 0.25) is 0 Å². The van der Waals surface area contributed by atoms with Gasteiger partial charge in [-0.25, -0.2) is 4.79 Å². The van der Waals surface area contributed by atoms with E-state index in [1.54, 1.807) is 19.1 Å². The number of carbonyl (C=O) groups excluding carboxylic acids is 2. The lowest BCUT2D eigenvalue weighted by atomic mass is 10.0. The molecule has 0 aliphatic carbocycles. The van der Waals surface area contributed by atoms with Crippen molar-refractivity contribution in [3.05, 3.63) is 53.3 Å². The fourth-order valence-corrected chi connectivity index (χ4v) is 4.37. The second-order valence-corrected chi connectivity index (χ2v) is 7.25. The van der Waals surface area contributed by atoms with Crippen LogP contribution in [0.1, 0.15) is 18.5 Å². The van der Waals surface area contributed by atoms with E-state index in [1.807, 2.05) is 0 Å². The lowest BCUT2D eigenvalue weighted by Gasteiger charge is -2.49. The summed E-state index contributed by atoms with van der Waals surface area (Å²) in [4.78, 5) is 37.7. The first kappa shape index (κ1) is 21.5. The molecule has 2 aliphatic rings. The highest BCUT2D eigenvalue weighted by molar-refractivity contribution is 8.00. The number of aliphatic carboxylic acids is 1. The van der Waals surface area contributed by atoms with Gasteiger partial charge in [-0.15, -0.1) is 11.8 Å². The van der Waals surface area contributed by atoms with E-state index in [-0.39, 0.29) is 16.9 Å². The van der Waals surface area contributed by atoms with Gasteiger partial charge in [0.05, 0.1) is 0 Å². The minimum atomic E-state index is -1.17. The number of allylic oxidation sites excluding steroid dienone is 2. The molecule has 0 saturated carbocycles. The van der Waals surface area contributed by atoms with Crippen LogP contribution in [0.25, 0.3) is 0 Å². The van der Waals surface area contributed by atoms with E-state index in [9.17, 15) is 24.6 Å². The quantitative estimate of drug-likeness (QED) is 0.494. The molecule has 1 saturated heterocycles. The van der Waals surface area contributed by atoms with E-state index in [0.717, 1.165) is 0 Å². The minimum Gasteiger partial charge on any atom is -0.508 e. The molecule has 0 unspecified atom stereocenters. The van der Waals surface area contributed by atoms with Crippen LogP contribution in [0, 0.1) is 0 Å². The summed E-state index contributed by atoms with van der Waals surface area (Å²) >= 11 is 1.39. The van der Waals surface area contributed by atoms with Crippen molar-refractivity contribution < 1.29 is 30.1 Å². The number of benzene rings is 1. The number of phenolic OH excluding ortho intramolecular Hbond substituents is 1. The first-order valence-electron chi connectivity index (χ1n) is 8.24. The van der Waals surface area contributed by atoms with Gasteiger partial charge in [-0.2, -0.15) is 0 Å². The Morgan fingerprint density at radius 3 is 2.57 bits per heavy atom. The number of hydrogen-bond acceptors (Lipinski definition) is 6. The summed E-state index contributed by atoms with van der Waals surface area (Å²) in [5, 5.41) is 20.9. The molecule has 0 aromatic heterocycles. The van der Waals surface area contributed by atoms with Crippen LogP contribution in [0.4, 0.5) is 0 Å². The third kappa shape index (κ3) is 3.75. The monoisotopic (exact) mass is 407 g/mol. The van der Waals surface area contributed by atoms with Crippen molar-refractivity contribution in [1.29, 1.82) is 0 Å². The standard InChI is InChI=1S/C18H19N3O5S.H2O/c1-2-3-10-8-27-17-13(16(24)21(17)14(10)18(25)26)20-15(23)12(19)9-4-6-11(22)7-5-9;/h2-7,12-13,17,22H,8,19H2,1H3,(H,20,23)(H,25,26);1H2/t12-,13+,17+;/m1./s1. The summed E-state index contributed by atoms with van der Waals surface area (Å²) in [7, 11) is 0. The summed E-state index contributed by atoms with van der Waals surface area (Å²) in [5.41, 5.74) is 6.93. The van der Waals surface area contributed by atoms with Crippen molar-refractivity contribution in [3.63, 3.8) is 0 Å². The molecular formula is C18H21N3O6S. The van der Waals surface area contributed by atoms with Crippen LogP contribution in [0.5, 0.6) is 5.75 Å². The Kier molecular flexibility index (Phi) is 6.49. The molecule has 7 N–H and O–H groups in total. The van der Waals surface area contributed by atoms with Gasteiger partial charge in [0.25, 0.3) is 5.91 Å². The number of aromatic hydroxyl groups is 1. The SMILES string of the molecule is CC=CC1=C(C(=O)O)N2C(=O)[C@H](NC(=O)[C@H](N)c3ccc(O)cc3)[C@@H]2SC1.O. The van der Waals surface area contributed by atoms with E-state index in [2.05, 4.69) is 5.32 Å². The summed E-state index contributed by atoms with van der Waals surface area (Å²) in [6, 6.07) is 4.06. The van der Waals surface area contributed by atoms with Crippen LogP contribution in [0.15, 0.2) is 47.7 Å². The fourth-order valence-electron chi connectivity index (χ4n) is 3.05. The summed E-state index contributed by atoms with van der Waals surface area (Å²) in [6.45, 7) is 1.77.